The summed E-state index contributed by atoms with van der Waals surface area (Å²) in [6.07, 6.45) is 4.02. The Bertz CT molecular complexity index is 495. The van der Waals surface area contributed by atoms with Gasteiger partial charge in [-0.1, -0.05) is 25.5 Å². The average Bonchev–Trinajstić information content (AvgIpc) is 2.56. The number of aromatic nitrogens is 2. The summed E-state index contributed by atoms with van der Waals surface area (Å²) in [6, 6.07) is 1.81. The lowest BCUT2D eigenvalue weighted by Crippen LogP contribution is -2.17. The molecule has 0 spiro atoms. The molecule has 1 heterocycles. The fourth-order valence-corrected chi connectivity index (χ4v) is 2.53. The van der Waals surface area contributed by atoms with Gasteiger partial charge in [0.05, 0.1) is 5.92 Å². The SMILES string of the molecule is CC(C)=CC1C(C(=O)Nc2ccn(C)n2)C1(C)C. The zero-order valence-electron chi connectivity index (χ0n) is 11.7. The van der Waals surface area contributed by atoms with Crippen LogP contribution in [0.4, 0.5) is 5.82 Å². The quantitative estimate of drug-likeness (QED) is 0.834. The first-order chi connectivity index (χ1) is 8.32. The van der Waals surface area contributed by atoms with Gasteiger partial charge in [-0.3, -0.25) is 9.48 Å². The molecule has 1 aromatic heterocycles. The van der Waals surface area contributed by atoms with Crippen molar-refractivity contribution in [2.75, 3.05) is 5.32 Å². The van der Waals surface area contributed by atoms with Crippen LogP contribution in [0.15, 0.2) is 23.9 Å². The van der Waals surface area contributed by atoms with E-state index in [0.29, 0.717) is 11.7 Å². The van der Waals surface area contributed by atoms with Gasteiger partial charge in [0.1, 0.15) is 0 Å². The first-order valence-corrected chi connectivity index (χ1v) is 6.28. The van der Waals surface area contributed by atoms with Gasteiger partial charge in [0.2, 0.25) is 5.91 Å². The van der Waals surface area contributed by atoms with Crippen molar-refractivity contribution in [3.63, 3.8) is 0 Å². The van der Waals surface area contributed by atoms with Crippen LogP contribution in [-0.4, -0.2) is 15.7 Å². The molecule has 0 bridgehead atoms. The maximum Gasteiger partial charge on any atom is 0.229 e. The van der Waals surface area contributed by atoms with Crippen LogP contribution in [0, 0.1) is 17.3 Å². The van der Waals surface area contributed by atoms with Crippen molar-refractivity contribution in [2.24, 2.45) is 24.3 Å². The summed E-state index contributed by atoms with van der Waals surface area (Å²) < 4.78 is 1.68. The highest BCUT2D eigenvalue weighted by Gasteiger charge is 2.60. The first kappa shape index (κ1) is 12.9. The Morgan fingerprint density at radius 1 is 1.50 bits per heavy atom. The number of anilines is 1. The third-order valence-electron chi connectivity index (χ3n) is 3.67. The van der Waals surface area contributed by atoms with Crippen LogP contribution in [0.5, 0.6) is 0 Å². The van der Waals surface area contributed by atoms with Gasteiger partial charge in [-0.15, -0.1) is 0 Å². The van der Waals surface area contributed by atoms with Crippen LogP contribution < -0.4 is 5.32 Å². The maximum absolute atomic E-state index is 12.2. The van der Waals surface area contributed by atoms with E-state index >= 15 is 0 Å². The van der Waals surface area contributed by atoms with Gasteiger partial charge < -0.3 is 5.32 Å². The predicted molar refractivity (Wildman–Crippen MR) is 72.0 cm³/mol. The molecule has 1 fully saturated rings. The molecular weight excluding hydrogens is 226 g/mol. The summed E-state index contributed by atoms with van der Waals surface area (Å²) in [4.78, 5) is 12.2. The number of hydrogen-bond donors (Lipinski definition) is 1. The third-order valence-corrected chi connectivity index (χ3v) is 3.67. The zero-order chi connectivity index (χ0) is 13.5. The van der Waals surface area contributed by atoms with Crippen LogP contribution in [0.3, 0.4) is 0 Å². The molecule has 2 rings (SSSR count). The molecule has 0 aliphatic heterocycles. The Labute approximate surface area is 108 Å². The van der Waals surface area contributed by atoms with E-state index in [1.165, 1.54) is 5.57 Å². The molecule has 0 saturated heterocycles. The van der Waals surface area contributed by atoms with Crippen molar-refractivity contribution < 1.29 is 4.79 Å². The van der Waals surface area contributed by atoms with Crippen molar-refractivity contribution in [3.05, 3.63) is 23.9 Å². The number of amides is 1. The summed E-state index contributed by atoms with van der Waals surface area (Å²) in [6.45, 7) is 8.42. The van der Waals surface area contributed by atoms with Crippen LogP contribution in [0.2, 0.25) is 0 Å². The predicted octanol–water partition coefficient (Wildman–Crippen LogP) is 2.60. The van der Waals surface area contributed by atoms with Crippen LogP contribution >= 0.6 is 0 Å². The Balaban J connectivity index is 2.05. The van der Waals surface area contributed by atoms with Gasteiger partial charge in [-0.05, 0) is 25.2 Å². The fourth-order valence-electron chi connectivity index (χ4n) is 2.53. The van der Waals surface area contributed by atoms with Gasteiger partial charge in [-0.2, -0.15) is 5.10 Å². The number of rotatable bonds is 3. The lowest BCUT2D eigenvalue weighted by atomic mass is 10.1. The van der Waals surface area contributed by atoms with Crippen molar-refractivity contribution >= 4 is 11.7 Å². The summed E-state index contributed by atoms with van der Waals surface area (Å²) in [5.41, 5.74) is 1.32. The summed E-state index contributed by atoms with van der Waals surface area (Å²) in [5.74, 6) is 1.09. The molecule has 1 saturated carbocycles. The lowest BCUT2D eigenvalue weighted by molar-refractivity contribution is -0.118. The second-order valence-corrected chi connectivity index (χ2v) is 5.93. The molecule has 98 valence electrons. The van der Waals surface area contributed by atoms with E-state index in [-0.39, 0.29) is 17.2 Å². The van der Waals surface area contributed by atoms with E-state index in [2.05, 4.69) is 44.2 Å². The van der Waals surface area contributed by atoms with Gasteiger partial charge in [0, 0.05) is 19.3 Å². The van der Waals surface area contributed by atoms with E-state index in [9.17, 15) is 4.79 Å². The molecule has 1 aliphatic carbocycles. The molecule has 2 unspecified atom stereocenters. The molecule has 1 N–H and O–H groups in total. The lowest BCUT2D eigenvalue weighted by Gasteiger charge is -2.02. The van der Waals surface area contributed by atoms with E-state index in [1.54, 1.807) is 4.68 Å². The minimum Gasteiger partial charge on any atom is -0.309 e. The summed E-state index contributed by atoms with van der Waals surface area (Å²) in [7, 11) is 1.84. The van der Waals surface area contributed by atoms with Gasteiger partial charge >= 0.3 is 0 Å². The minimum atomic E-state index is 0.0504. The molecule has 0 radical (unpaired) electrons. The normalized spacial score (nSPS) is 24.5. The van der Waals surface area contributed by atoms with Crippen molar-refractivity contribution in [1.82, 2.24) is 9.78 Å². The highest BCUT2D eigenvalue weighted by atomic mass is 16.2. The summed E-state index contributed by atoms with van der Waals surface area (Å²) >= 11 is 0. The molecule has 0 aromatic carbocycles. The Hall–Kier alpha value is -1.58. The van der Waals surface area contributed by atoms with Gasteiger partial charge in [0.15, 0.2) is 5.82 Å². The van der Waals surface area contributed by atoms with Crippen LogP contribution in [-0.2, 0) is 11.8 Å². The minimum absolute atomic E-state index is 0.0504. The number of nitrogens with one attached hydrogen (secondary N) is 1. The number of carbonyl (C=O) groups is 1. The van der Waals surface area contributed by atoms with Crippen molar-refractivity contribution in [3.8, 4) is 0 Å². The van der Waals surface area contributed by atoms with E-state index in [4.69, 9.17) is 0 Å². The number of nitrogens with zero attached hydrogens (tertiary/aromatic N) is 2. The standard InChI is InChI=1S/C14H21N3O/c1-9(2)8-10-12(14(10,3)4)13(18)15-11-6-7-17(5)16-11/h6-8,10,12H,1-5H3,(H,15,16,18). The largest absolute Gasteiger partial charge is 0.309 e. The monoisotopic (exact) mass is 247 g/mol. The molecule has 2 atom stereocenters. The molecule has 4 nitrogen and oxygen atoms in total. The van der Waals surface area contributed by atoms with Crippen LogP contribution in [0.25, 0.3) is 0 Å². The molecule has 4 heteroatoms. The van der Waals surface area contributed by atoms with E-state index in [1.807, 2.05) is 19.3 Å². The summed E-state index contributed by atoms with van der Waals surface area (Å²) in [5, 5.41) is 7.05. The number of carbonyl (C=O) groups excluding carboxylic acids is 1. The third kappa shape index (κ3) is 2.33. The number of allylic oxidation sites excluding steroid dienone is 2. The topological polar surface area (TPSA) is 46.9 Å². The van der Waals surface area contributed by atoms with Crippen molar-refractivity contribution in [1.29, 1.82) is 0 Å². The molecular formula is C14H21N3O. The number of hydrogen-bond acceptors (Lipinski definition) is 2. The molecule has 1 aliphatic rings. The Morgan fingerprint density at radius 3 is 2.67 bits per heavy atom. The van der Waals surface area contributed by atoms with Crippen LogP contribution in [0.1, 0.15) is 27.7 Å². The second kappa shape index (κ2) is 4.26. The van der Waals surface area contributed by atoms with E-state index < -0.39 is 0 Å². The smallest absolute Gasteiger partial charge is 0.229 e. The Kier molecular flexibility index (Phi) is 3.05. The highest BCUT2D eigenvalue weighted by Crippen LogP contribution is 2.59. The molecule has 1 amide bonds. The van der Waals surface area contributed by atoms with Crippen molar-refractivity contribution in [2.45, 2.75) is 27.7 Å². The average molecular weight is 247 g/mol. The Morgan fingerprint density at radius 2 is 2.17 bits per heavy atom. The molecule has 18 heavy (non-hydrogen) atoms. The van der Waals surface area contributed by atoms with Gasteiger partial charge in [-0.25, -0.2) is 0 Å². The highest BCUT2D eigenvalue weighted by molar-refractivity contribution is 5.95. The van der Waals surface area contributed by atoms with E-state index in [0.717, 1.165) is 0 Å². The fraction of sp³-hybridized carbons (Fsp3) is 0.571. The molecule has 1 aromatic rings. The maximum atomic E-state index is 12.2. The van der Waals surface area contributed by atoms with Gasteiger partial charge in [0.25, 0.3) is 0 Å². The number of aryl methyl sites for hydroxylation is 1. The zero-order valence-corrected chi connectivity index (χ0v) is 11.7. The first-order valence-electron chi connectivity index (χ1n) is 6.28. The second-order valence-electron chi connectivity index (χ2n) is 5.93.